The monoisotopic (exact) mass is 643 g/mol. The van der Waals surface area contributed by atoms with E-state index in [1.807, 2.05) is 13.8 Å². The van der Waals surface area contributed by atoms with E-state index in [9.17, 15) is 44.3 Å². The fourth-order valence-electron chi connectivity index (χ4n) is 6.03. The lowest BCUT2D eigenvalue weighted by molar-refractivity contribution is -0.194. The topological polar surface area (TPSA) is 20.3 Å². The summed E-state index contributed by atoms with van der Waals surface area (Å²) in [7, 11) is 0. The Labute approximate surface area is 256 Å². The molecule has 1 fully saturated rings. The molecule has 1 aliphatic heterocycles. The van der Waals surface area contributed by atoms with Gasteiger partial charge in [0.1, 0.15) is 11.8 Å². The summed E-state index contributed by atoms with van der Waals surface area (Å²) in [5.41, 5.74) is 0.858. The fraction of sp³-hybridized carbons (Fsp3) is 0.441. The van der Waals surface area contributed by atoms with Crippen LogP contribution in [0.15, 0.2) is 66.7 Å². The predicted molar refractivity (Wildman–Crippen MR) is 153 cm³/mol. The van der Waals surface area contributed by atoms with E-state index >= 15 is 0 Å². The van der Waals surface area contributed by atoms with Crippen molar-refractivity contribution >= 4 is 5.78 Å². The number of Topliss-reactive ketones (excluding diaryl/α,β-unsaturated/α-hetero) is 1. The molecule has 0 N–H and O–H groups in total. The minimum Gasteiger partial charge on any atom is -0.299 e. The Balaban J connectivity index is 1.73. The third kappa shape index (κ3) is 8.68. The van der Waals surface area contributed by atoms with Gasteiger partial charge < -0.3 is 0 Å². The smallest absolute Gasteiger partial charge is 0.299 e. The summed E-state index contributed by atoms with van der Waals surface area (Å²) in [5, 5.41) is 0. The van der Waals surface area contributed by atoms with Crippen LogP contribution < -0.4 is 0 Å². The number of likely N-dealkylation sites (tertiary alicyclic amines) is 1. The maximum atomic E-state index is 14.1. The van der Waals surface area contributed by atoms with Gasteiger partial charge in [0.25, 0.3) is 0 Å². The van der Waals surface area contributed by atoms with E-state index in [1.165, 1.54) is 36.1 Å². The molecule has 1 aliphatic rings. The molecule has 2 nitrogen and oxygen atoms in total. The van der Waals surface area contributed by atoms with Crippen LogP contribution >= 0.6 is 0 Å². The first-order valence-electron chi connectivity index (χ1n) is 14.6. The molecule has 0 amide bonds. The van der Waals surface area contributed by atoms with Gasteiger partial charge in [0.2, 0.25) is 0 Å². The van der Waals surface area contributed by atoms with Gasteiger partial charge in [-0.05, 0) is 90.1 Å². The summed E-state index contributed by atoms with van der Waals surface area (Å²) < 4.78 is 121. The van der Waals surface area contributed by atoms with Gasteiger partial charge in [-0.25, -0.2) is 0 Å². The molecule has 1 saturated heterocycles. The summed E-state index contributed by atoms with van der Waals surface area (Å²) in [6, 6.07) is 12.1. The lowest BCUT2D eigenvalue weighted by Gasteiger charge is -2.41. The number of rotatable bonds is 8. The second kappa shape index (κ2) is 13.2. The number of piperidine rings is 1. The molecule has 3 aromatic rings. The average molecular weight is 644 g/mol. The van der Waals surface area contributed by atoms with Gasteiger partial charge in [-0.15, -0.1) is 0 Å². The minimum absolute atomic E-state index is 0.0595. The van der Waals surface area contributed by atoms with Crippen LogP contribution in [0.5, 0.6) is 0 Å². The van der Waals surface area contributed by atoms with Gasteiger partial charge in [-0.3, -0.25) is 9.69 Å². The molecular formula is C34H34F9NO. The van der Waals surface area contributed by atoms with Gasteiger partial charge in [0.05, 0.1) is 11.1 Å². The van der Waals surface area contributed by atoms with Crippen LogP contribution in [0.4, 0.5) is 39.5 Å². The number of carbonyl (C=O) groups excluding carboxylic acids is 1. The van der Waals surface area contributed by atoms with E-state index in [0.29, 0.717) is 34.2 Å². The van der Waals surface area contributed by atoms with Crippen molar-refractivity contribution < 1.29 is 44.3 Å². The molecule has 244 valence electrons. The first-order chi connectivity index (χ1) is 20.8. The summed E-state index contributed by atoms with van der Waals surface area (Å²) in [5.74, 6) is -0.923. The number of hydrogen-bond donors (Lipinski definition) is 0. The highest BCUT2D eigenvalue weighted by Gasteiger charge is 2.46. The SMILES string of the molecule is CC(=O)C(CC(C)C)c1cc(-c2ccc(C(F)(F)F)cc2)cc(C2CCC(C(F)(F)F)N(Cc3ccc(C(F)(F)F)cc3)C2)c1. The Hall–Kier alpha value is -3.34. The van der Waals surface area contributed by atoms with E-state index in [1.54, 1.807) is 18.2 Å². The van der Waals surface area contributed by atoms with Gasteiger partial charge in [-0.2, -0.15) is 39.5 Å². The Kier molecular flexibility index (Phi) is 10.1. The van der Waals surface area contributed by atoms with Crippen LogP contribution in [-0.4, -0.2) is 29.4 Å². The quantitative estimate of drug-likeness (QED) is 0.228. The highest BCUT2D eigenvalue weighted by Crippen LogP contribution is 2.41. The third-order valence-corrected chi connectivity index (χ3v) is 8.32. The van der Waals surface area contributed by atoms with Gasteiger partial charge >= 0.3 is 18.5 Å². The molecule has 0 spiro atoms. The highest BCUT2D eigenvalue weighted by atomic mass is 19.4. The van der Waals surface area contributed by atoms with Gasteiger partial charge in [0, 0.05) is 19.0 Å². The summed E-state index contributed by atoms with van der Waals surface area (Å²) >= 11 is 0. The molecule has 45 heavy (non-hydrogen) atoms. The van der Waals surface area contributed by atoms with E-state index in [4.69, 9.17) is 0 Å². The molecule has 11 heteroatoms. The zero-order chi connectivity index (χ0) is 33.3. The molecule has 0 aliphatic carbocycles. The number of halogens is 9. The number of carbonyl (C=O) groups is 1. The summed E-state index contributed by atoms with van der Waals surface area (Å²) in [4.78, 5) is 14.0. The second-order valence-electron chi connectivity index (χ2n) is 12.2. The van der Waals surface area contributed by atoms with Crippen molar-refractivity contribution in [1.82, 2.24) is 4.90 Å². The fourth-order valence-corrected chi connectivity index (χ4v) is 6.03. The maximum absolute atomic E-state index is 14.1. The lowest BCUT2D eigenvalue weighted by Crippen LogP contribution is -2.50. The first-order valence-corrected chi connectivity index (χ1v) is 14.6. The number of ketones is 1. The molecule has 3 unspecified atom stereocenters. The first kappa shape index (κ1) is 34.5. The number of alkyl halides is 9. The molecule has 1 heterocycles. The molecular weight excluding hydrogens is 609 g/mol. The molecule has 4 rings (SSSR count). The largest absolute Gasteiger partial charge is 0.416 e. The number of nitrogens with zero attached hydrogens (tertiary/aromatic N) is 1. The van der Waals surface area contributed by atoms with Crippen LogP contribution in [0.25, 0.3) is 11.1 Å². The number of benzene rings is 3. The van der Waals surface area contributed by atoms with E-state index in [2.05, 4.69) is 0 Å². The van der Waals surface area contributed by atoms with Crippen molar-refractivity contribution in [3.63, 3.8) is 0 Å². The maximum Gasteiger partial charge on any atom is 0.416 e. The van der Waals surface area contributed by atoms with Crippen molar-refractivity contribution in [2.45, 2.75) is 83.0 Å². The van der Waals surface area contributed by atoms with Crippen LogP contribution in [0, 0.1) is 5.92 Å². The second-order valence-corrected chi connectivity index (χ2v) is 12.2. The zero-order valence-corrected chi connectivity index (χ0v) is 25.0. The predicted octanol–water partition coefficient (Wildman–Crippen LogP) is 10.4. The molecule has 0 radical (unpaired) electrons. The third-order valence-electron chi connectivity index (χ3n) is 8.32. The minimum atomic E-state index is -4.58. The Morgan fingerprint density at radius 1 is 0.778 bits per heavy atom. The van der Waals surface area contributed by atoms with Crippen LogP contribution in [0.3, 0.4) is 0 Å². The van der Waals surface area contributed by atoms with Crippen molar-refractivity contribution in [2.24, 2.45) is 5.92 Å². The summed E-state index contributed by atoms with van der Waals surface area (Å²) in [6.45, 7) is 5.07. The molecule has 0 aromatic heterocycles. The van der Waals surface area contributed by atoms with E-state index < -0.39 is 47.5 Å². The van der Waals surface area contributed by atoms with Crippen LogP contribution in [0.2, 0.25) is 0 Å². The zero-order valence-electron chi connectivity index (χ0n) is 25.0. The van der Waals surface area contributed by atoms with Crippen molar-refractivity contribution in [1.29, 1.82) is 0 Å². The normalized spacial score (nSPS) is 19.1. The number of hydrogen-bond acceptors (Lipinski definition) is 2. The van der Waals surface area contributed by atoms with Gasteiger partial charge in [0.15, 0.2) is 0 Å². The molecule has 0 saturated carbocycles. The molecule has 3 atom stereocenters. The Bertz CT molecular complexity index is 1460. The summed E-state index contributed by atoms with van der Waals surface area (Å²) in [6.07, 6.45) is -13.3. The van der Waals surface area contributed by atoms with Crippen molar-refractivity contribution in [2.75, 3.05) is 6.54 Å². The lowest BCUT2D eigenvalue weighted by atomic mass is 9.81. The molecule has 0 bridgehead atoms. The standard InChI is InChI=1S/C34H34F9NO/c1-20(2)14-30(21(3)45)27-16-25(23-6-11-29(12-7-23)33(38,39)40)15-26(17-27)24-8-13-31(34(41,42)43)44(19-24)18-22-4-9-28(10-5-22)32(35,36)37/h4-7,9-12,15-17,20,24,30-31H,8,13-14,18-19H2,1-3H3. The molecule has 3 aromatic carbocycles. The van der Waals surface area contributed by atoms with Crippen molar-refractivity contribution in [3.05, 3.63) is 94.5 Å². The Morgan fingerprint density at radius 2 is 1.33 bits per heavy atom. The average Bonchev–Trinajstić information content (AvgIpc) is 2.94. The van der Waals surface area contributed by atoms with Crippen LogP contribution in [0.1, 0.15) is 79.7 Å². The van der Waals surface area contributed by atoms with Crippen molar-refractivity contribution in [3.8, 4) is 11.1 Å². The van der Waals surface area contributed by atoms with Gasteiger partial charge in [-0.1, -0.05) is 56.3 Å². The van der Waals surface area contributed by atoms with E-state index in [0.717, 1.165) is 24.3 Å². The van der Waals surface area contributed by atoms with E-state index in [-0.39, 0.29) is 37.6 Å². The highest BCUT2D eigenvalue weighted by molar-refractivity contribution is 5.84. The van der Waals surface area contributed by atoms with Crippen LogP contribution in [-0.2, 0) is 23.7 Å². The Morgan fingerprint density at radius 3 is 1.82 bits per heavy atom.